The molecule has 1 N–H and O–H groups in total. The van der Waals surface area contributed by atoms with Crippen LogP contribution in [-0.4, -0.2) is 30.6 Å². The Balaban J connectivity index is 2.24. The molecule has 1 aliphatic heterocycles. The molecule has 0 atom stereocenters. The van der Waals surface area contributed by atoms with Crippen molar-refractivity contribution in [3.8, 4) is 0 Å². The van der Waals surface area contributed by atoms with Crippen LogP contribution in [-0.2, 0) is 4.79 Å². The molecule has 0 bridgehead atoms. The van der Waals surface area contributed by atoms with Crippen molar-refractivity contribution in [2.24, 2.45) is 0 Å². The average Bonchev–Trinajstić information content (AvgIpc) is 2.72. The van der Waals surface area contributed by atoms with Crippen molar-refractivity contribution in [3.05, 3.63) is 5.69 Å². The quantitative estimate of drug-likeness (QED) is 0.586. The van der Waals surface area contributed by atoms with E-state index in [9.17, 15) is 9.59 Å². The van der Waals surface area contributed by atoms with E-state index in [-0.39, 0.29) is 17.5 Å². The molecule has 1 aromatic heterocycles. The third-order valence-electron chi connectivity index (χ3n) is 2.66. The van der Waals surface area contributed by atoms with E-state index in [0.29, 0.717) is 6.29 Å². The minimum absolute atomic E-state index is 0.0954. The van der Waals surface area contributed by atoms with E-state index < -0.39 is 0 Å². The van der Waals surface area contributed by atoms with Gasteiger partial charge in [0.25, 0.3) is 0 Å². The summed E-state index contributed by atoms with van der Waals surface area (Å²) < 4.78 is 4.96. The van der Waals surface area contributed by atoms with Gasteiger partial charge in [-0.2, -0.15) is 5.01 Å². The van der Waals surface area contributed by atoms with E-state index in [1.807, 2.05) is 5.01 Å². The Kier molecular flexibility index (Phi) is 3.36. The first-order chi connectivity index (χ1) is 8.22. The Labute approximate surface area is 98.3 Å². The number of rotatable bonds is 3. The summed E-state index contributed by atoms with van der Waals surface area (Å²) in [6.45, 7) is 3.01. The van der Waals surface area contributed by atoms with Crippen LogP contribution < -0.4 is 15.1 Å². The van der Waals surface area contributed by atoms with Crippen LogP contribution in [0.3, 0.4) is 0 Å². The van der Waals surface area contributed by atoms with Crippen molar-refractivity contribution in [2.75, 3.05) is 23.4 Å². The highest BCUT2D eigenvalue weighted by atomic mass is 16.5. The van der Waals surface area contributed by atoms with Gasteiger partial charge in [-0.05, 0) is 19.3 Å². The van der Waals surface area contributed by atoms with Crippen LogP contribution in [0.5, 0.6) is 0 Å². The lowest BCUT2D eigenvalue weighted by atomic mass is 10.2. The third-order valence-corrected chi connectivity index (χ3v) is 2.66. The molecular weight excluding hydrogens is 224 g/mol. The molecule has 0 saturated carbocycles. The van der Waals surface area contributed by atoms with E-state index in [1.54, 1.807) is 0 Å². The fourth-order valence-electron chi connectivity index (χ4n) is 1.88. The molecule has 1 aromatic rings. The van der Waals surface area contributed by atoms with Crippen LogP contribution >= 0.6 is 0 Å². The zero-order valence-corrected chi connectivity index (χ0v) is 9.68. The first kappa shape index (κ1) is 11.6. The largest absolute Gasteiger partial charge is 0.371 e. The zero-order valence-electron chi connectivity index (χ0n) is 9.68. The number of carbonyl (C=O) groups is 2. The van der Waals surface area contributed by atoms with Crippen LogP contribution in [0.1, 0.15) is 36.7 Å². The van der Waals surface area contributed by atoms with Gasteiger partial charge in [0.1, 0.15) is 0 Å². The van der Waals surface area contributed by atoms with Gasteiger partial charge in [0.2, 0.25) is 17.5 Å². The predicted octanol–water partition coefficient (Wildman–Crippen LogP) is -0.145. The summed E-state index contributed by atoms with van der Waals surface area (Å²) in [5.41, 5.74) is 0.238. The molecule has 2 rings (SSSR count). The average molecular weight is 239 g/mol. The SMILES string of the molecule is CC(=O)Nc1on[n+](N2CCCCC2)c1C=O. The molecule has 0 aliphatic carbocycles. The second-order valence-corrected chi connectivity index (χ2v) is 3.99. The highest BCUT2D eigenvalue weighted by molar-refractivity contribution is 5.91. The van der Waals surface area contributed by atoms with Crippen LogP contribution in [0.4, 0.5) is 5.88 Å². The summed E-state index contributed by atoms with van der Waals surface area (Å²) in [7, 11) is 0. The molecule has 7 heteroatoms. The number of piperidine rings is 1. The molecule has 0 aromatic carbocycles. The summed E-state index contributed by atoms with van der Waals surface area (Å²) in [5, 5.41) is 8.15. The van der Waals surface area contributed by atoms with Crippen molar-refractivity contribution < 1.29 is 18.9 Å². The van der Waals surface area contributed by atoms with E-state index in [1.165, 1.54) is 18.1 Å². The van der Waals surface area contributed by atoms with Gasteiger partial charge in [-0.1, -0.05) is 0 Å². The monoisotopic (exact) mass is 239 g/mol. The van der Waals surface area contributed by atoms with E-state index in [0.717, 1.165) is 25.9 Å². The lowest BCUT2D eigenvalue weighted by molar-refractivity contribution is -0.760. The summed E-state index contributed by atoms with van der Waals surface area (Å²) in [6.07, 6.45) is 3.95. The molecule has 92 valence electrons. The Morgan fingerprint density at radius 1 is 1.47 bits per heavy atom. The molecule has 1 fully saturated rings. The molecule has 7 nitrogen and oxygen atoms in total. The fraction of sp³-hybridized carbons (Fsp3) is 0.600. The maximum Gasteiger partial charge on any atom is 0.371 e. The number of hydrogen-bond acceptors (Lipinski definition) is 5. The Morgan fingerprint density at radius 2 is 2.18 bits per heavy atom. The Bertz CT molecular complexity index is 423. The summed E-state index contributed by atoms with van der Waals surface area (Å²) in [6, 6.07) is 0. The van der Waals surface area contributed by atoms with Gasteiger partial charge in [-0.3, -0.25) is 19.4 Å². The second-order valence-electron chi connectivity index (χ2n) is 3.99. The molecule has 0 spiro atoms. The van der Waals surface area contributed by atoms with Crippen LogP contribution in [0.15, 0.2) is 4.52 Å². The first-order valence-corrected chi connectivity index (χ1v) is 5.62. The van der Waals surface area contributed by atoms with Gasteiger partial charge in [-0.25, -0.2) is 0 Å². The number of aldehydes is 1. The Morgan fingerprint density at radius 3 is 2.76 bits per heavy atom. The van der Waals surface area contributed by atoms with Crippen LogP contribution in [0.2, 0.25) is 0 Å². The van der Waals surface area contributed by atoms with Gasteiger partial charge >= 0.3 is 11.6 Å². The number of nitrogens with zero attached hydrogens (tertiary/aromatic N) is 3. The number of nitrogens with one attached hydrogen (secondary N) is 1. The molecule has 2 heterocycles. The highest BCUT2D eigenvalue weighted by Gasteiger charge is 2.31. The van der Waals surface area contributed by atoms with Crippen molar-refractivity contribution >= 4 is 18.1 Å². The van der Waals surface area contributed by atoms with Gasteiger partial charge in [-0.15, -0.1) is 0 Å². The molecule has 1 aliphatic rings. The van der Waals surface area contributed by atoms with Gasteiger partial charge < -0.3 is 0 Å². The summed E-state index contributed by atoms with van der Waals surface area (Å²) in [5.74, 6) is -0.201. The lowest BCUT2D eigenvalue weighted by Gasteiger charge is -2.18. The Hall–Kier alpha value is -1.92. The van der Waals surface area contributed by atoms with Crippen LogP contribution in [0, 0.1) is 0 Å². The van der Waals surface area contributed by atoms with Gasteiger partial charge in [0.15, 0.2) is 0 Å². The van der Waals surface area contributed by atoms with E-state index in [2.05, 4.69) is 10.6 Å². The predicted molar refractivity (Wildman–Crippen MR) is 58.2 cm³/mol. The first-order valence-electron chi connectivity index (χ1n) is 5.62. The number of aromatic nitrogens is 2. The van der Waals surface area contributed by atoms with Crippen molar-refractivity contribution in [1.29, 1.82) is 0 Å². The maximum atomic E-state index is 11.0. The smallest absolute Gasteiger partial charge is 0.291 e. The summed E-state index contributed by atoms with van der Waals surface area (Å²) in [4.78, 5) is 23.4. The molecule has 17 heavy (non-hydrogen) atoms. The minimum Gasteiger partial charge on any atom is -0.291 e. The highest BCUT2D eigenvalue weighted by Crippen LogP contribution is 2.10. The topological polar surface area (TPSA) is 79.3 Å². The standard InChI is InChI=1S/C10H14N4O3/c1-8(16)11-10-9(7-15)14(12-17-10)13-5-3-2-4-6-13/h7H,2-6H2,1H3/p+1. The van der Waals surface area contributed by atoms with E-state index >= 15 is 0 Å². The second kappa shape index (κ2) is 4.94. The number of anilines is 1. The lowest BCUT2D eigenvalue weighted by Crippen LogP contribution is -2.62. The fourth-order valence-corrected chi connectivity index (χ4v) is 1.88. The molecule has 1 amide bonds. The molecular formula is C10H15N4O3+. The number of hydrogen-bond donors (Lipinski definition) is 1. The van der Waals surface area contributed by atoms with Crippen molar-refractivity contribution in [2.45, 2.75) is 26.2 Å². The summed E-state index contributed by atoms with van der Waals surface area (Å²) >= 11 is 0. The van der Waals surface area contributed by atoms with Gasteiger partial charge in [0, 0.05) is 6.92 Å². The number of amides is 1. The van der Waals surface area contributed by atoms with Crippen LogP contribution in [0.25, 0.3) is 0 Å². The van der Waals surface area contributed by atoms with E-state index in [4.69, 9.17) is 4.52 Å². The zero-order chi connectivity index (χ0) is 12.3. The molecule has 1 saturated heterocycles. The molecule has 0 radical (unpaired) electrons. The minimum atomic E-state index is -0.296. The normalized spacial score (nSPS) is 15.7. The third kappa shape index (κ3) is 2.43. The van der Waals surface area contributed by atoms with Crippen molar-refractivity contribution in [3.63, 3.8) is 0 Å². The molecule has 0 unspecified atom stereocenters. The maximum absolute atomic E-state index is 11.0. The van der Waals surface area contributed by atoms with Gasteiger partial charge in [0.05, 0.1) is 17.9 Å². The number of carbonyl (C=O) groups excluding carboxylic acids is 2. The van der Waals surface area contributed by atoms with Crippen molar-refractivity contribution in [1.82, 2.24) is 5.27 Å².